The Bertz CT molecular complexity index is 698. The molecule has 6 heteroatoms. The van der Waals surface area contributed by atoms with E-state index in [1.807, 2.05) is 30.3 Å². The molecule has 1 heterocycles. The molecule has 0 unspecified atom stereocenters. The van der Waals surface area contributed by atoms with Gasteiger partial charge in [0.1, 0.15) is 5.01 Å². The lowest BCUT2D eigenvalue weighted by molar-refractivity contribution is 0.0520. The maximum Gasteiger partial charge on any atom is 0.357 e. The predicted octanol–water partition coefficient (Wildman–Crippen LogP) is 4.01. The number of benzene rings is 1. The van der Waals surface area contributed by atoms with Crippen molar-refractivity contribution in [2.45, 2.75) is 33.7 Å². The van der Waals surface area contributed by atoms with Crippen molar-refractivity contribution >= 4 is 23.2 Å². The molecule has 0 N–H and O–H groups in total. The molecule has 0 saturated heterocycles. The van der Waals surface area contributed by atoms with Gasteiger partial charge in [0.15, 0.2) is 5.69 Å². The molecule has 0 radical (unpaired) electrons. The molecule has 0 aliphatic carbocycles. The van der Waals surface area contributed by atoms with Gasteiger partial charge < -0.3 is 9.64 Å². The van der Waals surface area contributed by atoms with Crippen LogP contribution in [0.3, 0.4) is 0 Å². The largest absolute Gasteiger partial charge is 0.461 e. The summed E-state index contributed by atoms with van der Waals surface area (Å²) in [6.45, 7) is 7.39. The van der Waals surface area contributed by atoms with Crippen LogP contribution in [0.25, 0.3) is 0 Å². The van der Waals surface area contributed by atoms with Gasteiger partial charge in [0, 0.05) is 17.5 Å². The maximum atomic E-state index is 12.8. The summed E-state index contributed by atoms with van der Waals surface area (Å²) in [6, 6.07) is 9.24. The zero-order chi connectivity index (χ0) is 18.2. The van der Waals surface area contributed by atoms with Crippen LogP contribution in [0.1, 0.15) is 53.0 Å². The molecule has 2 rings (SSSR count). The fourth-order valence-corrected chi connectivity index (χ4v) is 3.05. The lowest BCUT2D eigenvalue weighted by Crippen LogP contribution is -2.32. The van der Waals surface area contributed by atoms with Gasteiger partial charge in [-0.3, -0.25) is 4.79 Å². The number of carbonyl (C=O) groups excluding carboxylic acids is 2. The Hall–Kier alpha value is -2.21. The third-order valence-electron chi connectivity index (χ3n) is 3.65. The lowest BCUT2D eigenvalue weighted by atomic mass is 10.1. The van der Waals surface area contributed by atoms with Crippen LogP contribution < -0.4 is 0 Å². The first-order valence-electron chi connectivity index (χ1n) is 8.47. The van der Waals surface area contributed by atoms with Gasteiger partial charge >= 0.3 is 5.97 Å². The van der Waals surface area contributed by atoms with Crippen molar-refractivity contribution < 1.29 is 14.3 Å². The highest BCUT2D eigenvalue weighted by Gasteiger charge is 2.19. The van der Waals surface area contributed by atoms with Crippen molar-refractivity contribution in [1.82, 2.24) is 9.88 Å². The van der Waals surface area contributed by atoms with Crippen LogP contribution in [0.5, 0.6) is 0 Å². The number of hydrogen-bond acceptors (Lipinski definition) is 5. The Morgan fingerprint density at radius 2 is 1.96 bits per heavy atom. The molecule has 0 fully saturated rings. The maximum absolute atomic E-state index is 12.8. The summed E-state index contributed by atoms with van der Waals surface area (Å²) in [7, 11) is 0. The van der Waals surface area contributed by atoms with Crippen molar-refractivity contribution in [2.75, 3.05) is 13.2 Å². The Balaban J connectivity index is 2.13. The number of nitrogens with zero attached hydrogens (tertiary/aromatic N) is 2. The zero-order valence-electron chi connectivity index (χ0n) is 14.9. The second-order valence-corrected chi connectivity index (χ2v) is 7.06. The van der Waals surface area contributed by atoms with E-state index >= 15 is 0 Å². The average molecular weight is 360 g/mol. The topological polar surface area (TPSA) is 59.5 Å². The van der Waals surface area contributed by atoms with Crippen LogP contribution in [0, 0.1) is 5.92 Å². The SMILES string of the molecule is CCOC(=O)c1csc(CN(CCC(C)C)C(=O)c2ccccc2)n1. The Kier molecular flexibility index (Phi) is 7.13. The summed E-state index contributed by atoms with van der Waals surface area (Å²) in [5.41, 5.74) is 0.964. The number of carbonyl (C=O) groups is 2. The summed E-state index contributed by atoms with van der Waals surface area (Å²) in [4.78, 5) is 30.7. The highest BCUT2D eigenvalue weighted by molar-refractivity contribution is 7.09. The monoisotopic (exact) mass is 360 g/mol. The van der Waals surface area contributed by atoms with Gasteiger partial charge in [0.25, 0.3) is 5.91 Å². The second-order valence-electron chi connectivity index (χ2n) is 6.12. The molecule has 1 aromatic heterocycles. The fraction of sp³-hybridized carbons (Fsp3) is 0.421. The normalized spacial score (nSPS) is 10.7. The summed E-state index contributed by atoms with van der Waals surface area (Å²) in [6.07, 6.45) is 0.911. The minimum Gasteiger partial charge on any atom is -0.461 e. The van der Waals surface area contributed by atoms with Gasteiger partial charge in [-0.15, -0.1) is 11.3 Å². The first-order valence-corrected chi connectivity index (χ1v) is 9.35. The predicted molar refractivity (Wildman–Crippen MR) is 98.7 cm³/mol. The van der Waals surface area contributed by atoms with Gasteiger partial charge in [-0.05, 0) is 31.4 Å². The second kappa shape index (κ2) is 9.32. The molecule has 0 aliphatic rings. The van der Waals surface area contributed by atoms with E-state index in [0.29, 0.717) is 36.9 Å². The third-order valence-corrected chi connectivity index (χ3v) is 4.48. The average Bonchev–Trinajstić information content (AvgIpc) is 3.07. The quantitative estimate of drug-likeness (QED) is 0.668. The molecular formula is C19H24N2O3S. The molecule has 1 amide bonds. The van der Waals surface area contributed by atoms with Crippen LogP contribution >= 0.6 is 11.3 Å². The molecule has 1 aromatic carbocycles. The standard InChI is InChI=1S/C19H24N2O3S/c1-4-24-19(23)16-13-25-17(20-16)12-21(11-10-14(2)3)18(22)15-8-6-5-7-9-15/h5-9,13-14H,4,10-12H2,1-3H3. The summed E-state index contributed by atoms with van der Waals surface area (Å²) in [5.74, 6) is 0.0553. The van der Waals surface area contributed by atoms with E-state index in [-0.39, 0.29) is 5.91 Å². The highest BCUT2D eigenvalue weighted by Crippen LogP contribution is 2.17. The van der Waals surface area contributed by atoms with Crippen molar-refractivity contribution in [1.29, 1.82) is 0 Å². The minimum absolute atomic E-state index is 0.0193. The number of aromatic nitrogens is 1. The first kappa shape index (κ1) is 19.1. The van der Waals surface area contributed by atoms with Crippen molar-refractivity contribution in [3.05, 3.63) is 52.0 Å². The van der Waals surface area contributed by atoms with Crippen LogP contribution in [0.4, 0.5) is 0 Å². The lowest BCUT2D eigenvalue weighted by Gasteiger charge is -2.22. The van der Waals surface area contributed by atoms with Gasteiger partial charge in [0.05, 0.1) is 13.2 Å². The zero-order valence-corrected chi connectivity index (χ0v) is 15.7. The van der Waals surface area contributed by atoms with Crippen molar-refractivity contribution in [2.24, 2.45) is 5.92 Å². The first-order chi connectivity index (χ1) is 12.0. The van der Waals surface area contributed by atoms with Crippen LogP contribution in [0.15, 0.2) is 35.7 Å². The smallest absolute Gasteiger partial charge is 0.357 e. The molecule has 0 spiro atoms. The van der Waals surface area contributed by atoms with E-state index in [4.69, 9.17) is 4.74 Å². The van der Waals surface area contributed by atoms with Crippen LogP contribution in [0.2, 0.25) is 0 Å². The number of rotatable bonds is 8. The fourth-order valence-electron chi connectivity index (χ4n) is 2.28. The number of hydrogen-bond donors (Lipinski definition) is 0. The van der Waals surface area contributed by atoms with Crippen molar-refractivity contribution in [3.8, 4) is 0 Å². The number of ether oxygens (including phenoxy) is 1. The molecule has 25 heavy (non-hydrogen) atoms. The van der Waals surface area contributed by atoms with E-state index in [0.717, 1.165) is 11.4 Å². The molecule has 0 saturated carbocycles. The molecule has 2 aromatic rings. The van der Waals surface area contributed by atoms with E-state index in [9.17, 15) is 9.59 Å². The van der Waals surface area contributed by atoms with Crippen LogP contribution in [-0.2, 0) is 11.3 Å². The van der Waals surface area contributed by atoms with E-state index in [2.05, 4.69) is 18.8 Å². The van der Waals surface area contributed by atoms with E-state index < -0.39 is 5.97 Å². The van der Waals surface area contributed by atoms with E-state index in [1.165, 1.54) is 11.3 Å². The summed E-state index contributed by atoms with van der Waals surface area (Å²) >= 11 is 1.37. The highest BCUT2D eigenvalue weighted by atomic mass is 32.1. The molecule has 0 bridgehead atoms. The van der Waals surface area contributed by atoms with Crippen molar-refractivity contribution in [3.63, 3.8) is 0 Å². The molecule has 5 nitrogen and oxygen atoms in total. The molecular weight excluding hydrogens is 336 g/mol. The van der Waals surface area contributed by atoms with Gasteiger partial charge in [-0.1, -0.05) is 32.0 Å². The van der Waals surface area contributed by atoms with Gasteiger partial charge in [0.2, 0.25) is 0 Å². The minimum atomic E-state index is -0.423. The van der Waals surface area contributed by atoms with E-state index in [1.54, 1.807) is 17.2 Å². The van der Waals surface area contributed by atoms with Crippen LogP contribution in [-0.4, -0.2) is 34.9 Å². The number of thiazole rings is 1. The Labute approximate surface area is 152 Å². The third kappa shape index (κ3) is 5.67. The Morgan fingerprint density at radius 1 is 1.24 bits per heavy atom. The molecule has 0 aliphatic heterocycles. The summed E-state index contributed by atoms with van der Waals surface area (Å²) in [5, 5.41) is 2.41. The summed E-state index contributed by atoms with van der Waals surface area (Å²) < 4.78 is 4.97. The van der Waals surface area contributed by atoms with Gasteiger partial charge in [-0.2, -0.15) is 0 Å². The number of amides is 1. The molecule has 134 valence electrons. The Morgan fingerprint density at radius 3 is 2.60 bits per heavy atom. The number of esters is 1. The van der Waals surface area contributed by atoms with Gasteiger partial charge in [-0.25, -0.2) is 9.78 Å². The molecule has 0 atom stereocenters.